The van der Waals surface area contributed by atoms with Crippen LogP contribution in [-0.4, -0.2) is 23.5 Å². The summed E-state index contributed by atoms with van der Waals surface area (Å²) in [5.74, 6) is -2.39. The van der Waals surface area contributed by atoms with E-state index in [0.717, 1.165) is 0 Å². The zero-order valence-electron chi connectivity index (χ0n) is 14.2. The number of benzene rings is 1. The van der Waals surface area contributed by atoms with Gasteiger partial charge >= 0.3 is 6.09 Å². The van der Waals surface area contributed by atoms with E-state index in [2.05, 4.69) is 10.6 Å². The second-order valence-electron chi connectivity index (χ2n) is 6.83. The van der Waals surface area contributed by atoms with Crippen LogP contribution in [0.2, 0.25) is 5.02 Å². The third kappa shape index (κ3) is 5.16. The van der Waals surface area contributed by atoms with Crippen molar-refractivity contribution < 1.29 is 23.5 Å². The van der Waals surface area contributed by atoms with Gasteiger partial charge in [-0.15, -0.1) is 0 Å². The molecule has 1 saturated heterocycles. The van der Waals surface area contributed by atoms with Gasteiger partial charge in [0, 0.05) is 23.6 Å². The Kier molecular flexibility index (Phi) is 5.67. The van der Waals surface area contributed by atoms with Crippen molar-refractivity contribution in [2.24, 2.45) is 0 Å². The number of rotatable bonds is 3. The lowest BCUT2D eigenvalue weighted by molar-refractivity contribution is -0.134. The van der Waals surface area contributed by atoms with Gasteiger partial charge in [0.05, 0.1) is 5.92 Å². The van der Waals surface area contributed by atoms with Crippen LogP contribution >= 0.6 is 11.6 Å². The molecule has 1 aliphatic rings. The first-order valence-corrected chi connectivity index (χ1v) is 8.23. The Bertz CT molecular complexity index is 692. The molecule has 25 heavy (non-hydrogen) atoms. The van der Waals surface area contributed by atoms with E-state index in [1.54, 1.807) is 20.8 Å². The van der Waals surface area contributed by atoms with E-state index in [1.165, 1.54) is 12.1 Å². The molecule has 136 valence electrons. The Labute approximate surface area is 150 Å². The molecular formula is C17H20ClFN2O4. The van der Waals surface area contributed by atoms with Crippen molar-refractivity contribution in [3.63, 3.8) is 0 Å². The minimum absolute atomic E-state index is 0.0290. The second-order valence-corrected chi connectivity index (χ2v) is 7.24. The molecule has 0 aromatic heterocycles. The van der Waals surface area contributed by atoms with Crippen molar-refractivity contribution in [3.05, 3.63) is 34.1 Å². The summed E-state index contributed by atoms with van der Waals surface area (Å²) in [5, 5.41) is 4.77. The van der Waals surface area contributed by atoms with Crippen LogP contribution in [0.5, 0.6) is 0 Å². The molecule has 0 radical (unpaired) electrons. The van der Waals surface area contributed by atoms with Gasteiger partial charge in [-0.25, -0.2) is 9.18 Å². The number of nitrogens with one attached hydrogen (secondary N) is 2. The number of imide groups is 1. The van der Waals surface area contributed by atoms with Gasteiger partial charge in [-0.05, 0) is 44.9 Å². The minimum Gasteiger partial charge on any atom is -0.444 e. The normalized spacial score (nSPS) is 17.9. The Balaban J connectivity index is 2.11. The molecule has 1 aromatic carbocycles. The van der Waals surface area contributed by atoms with Gasteiger partial charge in [0.2, 0.25) is 11.8 Å². The zero-order chi connectivity index (χ0) is 18.8. The van der Waals surface area contributed by atoms with Gasteiger partial charge in [-0.1, -0.05) is 11.6 Å². The third-order valence-corrected chi connectivity index (χ3v) is 3.87. The first kappa shape index (κ1) is 19.2. The fraction of sp³-hybridized carbons (Fsp3) is 0.471. The van der Waals surface area contributed by atoms with Crippen molar-refractivity contribution in [2.75, 3.05) is 0 Å². The van der Waals surface area contributed by atoms with Gasteiger partial charge < -0.3 is 10.1 Å². The Morgan fingerprint density at radius 1 is 1.40 bits per heavy atom. The highest BCUT2D eigenvalue weighted by Crippen LogP contribution is 2.33. The first-order valence-electron chi connectivity index (χ1n) is 7.85. The summed E-state index contributed by atoms with van der Waals surface area (Å²) < 4.78 is 19.6. The molecule has 0 spiro atoms. The van der Waals surface area contributed by atoms with Crippen LogP contribution in [0.4, 0.5) is 9.18 Å². The predicted molar refractivity (Wildman–Crippen MR) is 89.6 cm³/mol. The monoisotopic (exact) mass is 370 g/mol. The molecule has 8 heteroatoms. The first-order chi connectivity index (χ1) is 11.6. The van der Waals surface area contributed by atoms with E-state index in [-0.39, 0.29) is 35.9 Å². The van der Waals surface area contributed by atoms with E-state index in [9.17, 15) is 18.8 Å². The highest BCUT2D eigenvalue weighted by atomic mass is 35.5. The molecule has 0 bridgehead atoms. The molecular weight excluding hydrogens is 351 g/mol. The summed E-state index contributed by atoms with van der Waals surface area (Å²) in [6, 6.07) is 2.70. The van der Waals surface area contributed by atoms with Crippen LogP contribution in [0.1, 0.15) is 50.7 Å². The van der Waals surface area contributed by atoms with Crippen LogP contribution in [0.3, 0.4) is 0 Å². The maximum absolute atomic E-state index is 14.5. The summed E-state index contributed by atoms with van der Waals surface area (Å²) in [5.41, 5.74) is -0.139. The predicted octanol–water partition coefficient (Wildman–Crippen LogP) is 3.02. The topological polar surface area (TPSA) is 84.5 Å². The van der Waals surface area contributed by atoms with E-state index in [1.807, 2.05) is 0 Å². The average molecular weight is 371 g/mol. The lowest BCUT2D eigenvalue weighted by atomic mass is 9.89. The summed E-state index contributed by atoms with van der Waals surface area (Å²) in [6.45, 7) is 5.23. The number of hydrogen-bond acceptors (Lipinski definition) is 4. The lowest BCUT2D eigenvalue weighted by Gasteiger charge is -2.23. The van der Waals surface area contributed by atoms with Gasteiger partial charge in [0.15, 0.2) is 0 Å². The molecule has 1 heterocycles. The second kappa shape index (κ2) is 7.39. The molecule has 0 aliphatic carbocycles. The molecule has 1 aromatic rings. The number of hydrogen-bond donors (Lipinski definition) is 2. The minimum atomic E-state index is -0.807. The van der Waals surface area contributed by atoms with Gasteiger partial charge in [-0.3, -0.25) is 14.9 Å². The zero-order valence-corrected chi connectivity index (χ0v) is 15.0. The van der Waals surface area contributed by atoms with Crippen LogP contribution < -0.4 is 10.6 Å². The Morgan fingerprint density at radius 2 is 2.08 bits per heavy atom. The molecule has 2 rings (SSSR count). The van der Waals surface area contributed by atoms with Gasteiger partial charge in [-0.2, -0.15) is 0 Å². The summed E-state index contributed by atoms with van der Waals surface area (Å²) in [4.78, 5) is 34.8. The van der Waals surface area contributed by atoms with Crippen molar-refractivity contribution in [1.82, 2.24) is 10.6 Å². The quantitative estimate of drug-likeness (QED) is 0.801. The number of amides is 3. The maximum atomic E-state index is 14.5. The molecule has 0 saturated carbocycles. The summed E-state index contributed by atoms with van der Waals surface area (Å²) >= 11 is 6.14. The van der Waals surface area contributed by atoms with Crippen LogP contribution in [0.25, 0.3) is 0 Å². The van der Waals surface area contributed by atoms with E-state index < -0.39 is 29.3 Å². The molecule has 1 aliphatic heterocycles. The number of carbonyl (C=O) groups is 3. The fourth-order valence-electron chi connectivity index (χ4n) is 2.53. The largest absolute Gasteiger partial charge is 0.444 e. The average Bonchev–Trinajstić information content (AvgIpc) is 2.45. The van der Waals surface area contributed by atoms with E-state index in [4.69, 9.17) is 16.3 Å². The molecule has 6 nitrogen and oxygen atoms in total. The summed E-state index contributed by atoms with van der Waals surface area (Å²) in [6.07, 6.45) is -0.288. The molecule has 3 amide bonds. The highest BCUT2D eigenvalue weighted by molar-refractivity contribution is 6.31. The molecule has 2 N–H and O–H groups in total. The third-order valence-electron chi connectivity index (χ3n) is 3.56. The fourth-order valence-corrected chi connectivity index (χ4v) is 2.89. The number of ether oxygens (including phenoxy) is 1. The Hall–Kier alpha value is -2.15. The number of alkyl carbamates (subject to hydrolysis) is 1. The highest BCUT2D eigenvalue weighted by Gasteiger charge is 2.31. The standard InChI is InChI=1S/C17H20ClFN2O4/c1-17(2,3)25-16(24)20-8-9-6-11(18)14(12(19)7-9)10-4-5-13(22)21-15(10)23/h6-7,10H,4-5,8H2,1-3H3,(H,20,24)(H,21,22,23). The molecule has 1 fully saturated rings. The van der Waals surface area contributed by atoms with Gasteiger partial charge in [0.1, 0.15) is 11.4 Å². The van der Waals surface area contributed by atoms with Crippen LogP contribution in [-0.2, 0) is 20.9 Å². The van der Waals surface area contributed by atoms with Crippen LogP contribution in [0.15, 0.2) is 12.1 Å². The Morgan fingerprint density at radius 3 is 2.64 bits per heavy atom. The summed E-state index contributed by atoms with van der Waals surface area (Å²) in [7, 11) is 0. The smallest absolute Gasteiger partial charge is 0.407 e. The van der Waals surface area contributed by atoms with Crippen molar-refractivity contribution in [1.29, 1.82) is 0 Å². The van der Waals surface area contributed by atoms with Crippen LogP contribution in [0, 0.1) is 5.82 Å². The number of piperidine rings is 1. The molecule has 1 unspecified atom stereocenters. The van der Waals surface area contributed by atoms with Crippen molar-refractivity contribution >= 4 is 29.5 Å². The van der Waals surface area contributed by atoms with Gasteiger partial charge in [0.25, 0.3) is 0 Å². The number of carbonyl (C=O) groups excluding carboxylic acids is 3. The van der Waals surface area contributed by atoms with E-state index >= 15 is 0 Å². The SMILES string of the molecule is CC(C)(C)OC(=O)NCc1cc(F)c(C2CCC(=O)NC2=O)c(Cl)c1. The van der Waals surface area contributed by atoms with Crippen molar-refractivity contribution in [2.45, 2.75) is 51.7 Å². The lowest BCUT2D eigenvalue weighted by Crippen LogP contribution is -2.39. The van der Waals surface area contributed by atoms with E-state index in [0.29, 0.717) is 5.56 Å². The number of halogens is 2. The van der Waals surface area contributed by atoms with Crippen molar-refractivity contribution in [3.8, 4) is 0 Å². The maximum Gasteiger partial charge on any atom is 0.407 e. The molecule has 1 atom stereocenters.